The third-order valence-corrected chi connectivity index (χ3v) is 2.73. The zero-order chi connectivity index (χ0) is 9.26. The highest BCUT2D eigenvalue weighted by Gasteiger charge is 2.21. The largest absolute Gasteiger partial charge is 0.269 e. The van der Waals surface area contributed by atoms with Crippen LogP contribution in [0.1, 0.15) is 37.3 Å². The van der Waals surface area contributed by atoms with E-state index in [1.165, 1.54) is 5.56 Å². The van der Waals surface area contributed by atoms with Crippen molar-refractivity contribution in [2.75, 3.05) is 0 Å². The predicted molar refractivity (Wildman–Crippen MR) is 49.4 cm³/mol. The Bertz CT molecular complexity index is 274. The van der Waals surface area contributed by atoms with Gasteiger partial charge < -0.3 is 0 Å². The minimum atomic E-state index is -0.576. The van der Waals surface area contributed by atoms with Gasteiger partial charge in [-0.1, -0.05) is 0 Å². The molecule has 1 fully saturated rings. The molecular weight excluding hydrogens is 167 g/mol. The molecule has 1 aromatic rings. The van der Waals surface area contributed by atoms with Crippen LogP contribution in [-0.2, 0) is 0 Å². The summed E-state index contributed by atoms with van der Waals surface area (Å²) in [4.78, 5) is 0. The molecule has 0 radical (unpaired) electrons. The van der Waals surface area contributed by atoms with Crippen LogP contribution in [0, 0.1) is 6.92 Å². The lowest BCUT2D eigenvalue weighted by molar-refractivity contribution is 0.202. The molecule has 0 aliphatic heterocycles. The van der Waals surface area contributed by atoms with Gasteiger partial charge in [0.1, 0.15) is 6.17 Å². The summed E-state index contributed by atoms with van der Waals surface area (Å²) < 4.78 is 14.8. The van der Waals surface area contributed by atoms with Crippen molar-refractivity contribution < 1.29 is 4.39 Å². The van der Waals surface area contributed by atoms with Crippen molar-refractivity contribution in [2.24, 2.45) is 0 Å². The van der Waals surface area contributed by atoms with Crippen molar-refractivity contribution in [3.8, 4) is 0 Å². The van der Waals surface area contributed by atoms with Crippen LogP contribution >= 0.6 is 0 Å². The Labute approximate surface area is 77.8 Å². The molecule has 72 valence electrons. The average Bonchev–Trinajstić information content (AvgIpc) is 2.53. The first-order valence-electron chi connectivity index (χ1n) is 4.90. The van der Waals surface area contributed by atoms with Gasteiger partial charge in [-0.25, -0.2) is 4.39 Å². The van der Waals surface area contributed by atoms with E-state index >= 15 is 0 Å². The van der Waals surface area contributed by atoms with E-state index in [1.54, 1.807) is 0 Å². The maximum absolute atomic E-state index is 12.8. The van der Waals surface area contributed by atoms with Crippen LogP contribution in [-0.4, -0.2) is 16.0 Å². The molecule has 0 saturated heterocycles. The number of halogens is 1. The zero-order valence-electron chi connectivity index (χ0n) is 7.91. The van der Waals surface area contributed by atoms with Crippen molar-refractivity contribution in [2.45, 2.75) is 44.8 Å². The second kappa shape index (κ2) is 3.48. The van der Waals surface area contributed by atoms with Crippen molar-refractivity contribution >= 4 is 0 Å². The maximum atomic E-state index is 12.8. The number of alkyl halides is 1. The Hall–Kier alpha value is -0.860. The highest BCUT2D eigenvalue weighted by molar-refractivity contribution is 5.00. The normalized spacial score (nSPS) is 29.1. The zero-order valence-corrected chi connectivity index (χ0v) is 7.91. The van der Waals surface area contributed by atoms with Crippen LogP contribution in [0.5, 0.6) is 0 Å². The van der Waals surface area contributed by atoms with Gasteiger partial charge in [0.2, 0.25) is 0 Å². The second-order valence-corrected chi connectivity index (χ2v) is 3.90. The van der Waals surface area contributed by atoms with Crippen molar-refractivity contribution in [3.05, 3.63) is 18.0 Å². The first-order valence-corrected chi connectivity index (χ1v) is 4.90. The molecule has 1 aliphatic rings. The summed E-state index contributed by atoms with van der Waals surface area (Å²) in [6.07, 6.45) is 6.59. The summed E-state index contributed by atoms with van der Waals surface area (Å²) in [5.41, 5.74) is 1.18. The monoisotopic (exact) mass is 182 g/mol. The molecule has 0 spiro atoms. The van der Waals surface area contributed by atoms with Gasteiger partial charge in [0.25, 0.3) is 0 Å². The lowest BCUT2D eigenvalue weighted by Crippen LogP contribution is -2.18. The number of hydrogen-bond donors (Lipinski definition) is 0. The third-order valence-electron chi connectivity index (χ3n) is 2.73. The average molecular weight is 182 g/mol. The molecule has 3 heteroatoms. The minimum absolute atomic E-state index is 0.431. The van der Waals surface area contributed by atoms with Gasteiger partial charge in [-0.2, -0.15) is 5.10 Å². The van der Waals surface area contributed by atoms with E-state index in [0.717, 1.165) is 12.8 Å². The van der Waals surface area contributed by atoms with Crippen LogP contribution in [0.4, 0.5) is 4.39 Å². The van der Waals surface area contributed by atoms with Crippen LogP contribution in [0.25, 0.3) is 0 Å². The van der Waals surface area contributed by atoms with E-state index in [2.05, 4.69) is 5.10 Å². The van der Waals surface area contributed by atoms with Crippen molar-refractivity contribution in [3.63, 3.8) is 0 Å². The molecule has 2 nitrogen and oxygen atoms in total. The summed E-state index contributed by atoms with van der Waals surface area (Å²) in [5.74, 6) is 0. The van der Waals surface area contributed by atoms with E-state index in [9.17, 15) is 4.39 Å². The Morgan fingerprint density at radius 1 is 1.38 bits per heavy atom. The number of hydrogen-bond acceptors (Lipinski definition) is 1. The second-order valence-electron chi connectivity index (χ2n) is 3.90. The summed E-state index contributed by atoms with van der Waals surface area (Å²) >= 11 is 0. The Kier molecular flexibility index (Phi) is 2.34. The molecule has 13 heavy (non-hydrogen) atoms. The molecule has 0 N–H and O–H groups in total. The Balaban J connectivity index is 2.02. The van der Waals surface area contributed by atoms with E-state index < -0.39 is 6.17 Å². The number of aryl methyl sites for hydroxylation is 1. The number of nitrogens with zero attached hydrogens (tertiary/aromatic N) is 2. The molecule has 1 aromatic heterocycles. The first-order chi connectivity index (χ1) is 6.25. The highest BCUT2D eigenvalue weighted by Crippen LogP contribution is 2.29. The molecule has 0 aromatic carbocycles. The van der Waals surface area contributed by atoms with Crippen molar-refractivity contribution in [1.82, 2.24) is 9.78 Å². The minimum Gasteiger partial charge on any atom is -0.269 e. The fraction of sp³-hybridized carbons (Fsp3) is 0.700. The molecule has 1 heterocycles. The van der Waals surface area contributed by atoms with E-state index in [-0.39, 0.29) is 0 Å². The summed E-state index contributed by atoms with van der Waals surface area (Å²) in [6, 6.07) is 0.431. The fourth-order valence-corrected chi connectivity index (χ4v) is 1.93. The van der Waals surface area contributed by atoms with E-state index in [0.29, 0.717) is 18.9 Å². The Morgan fingerprint density at radius 3 is 2.62 bits per heavy atom. The summed E-state index contributed by atoms with van der Waals surface area (Å²) in [6.45, 7) is 2.03. The van der Waals surface area contributed by atoms with Gasteiger partial charge in [0.15, 0.2) is 0 Å². The van der Waals surface area contributed by atoms with Gasteiger partial charge in [-0.05, 0) is 38.2 Å². The standard InChI is InChI=1S/C10H15FN2/c1-8-6-12-13(7-8)10-4-2-9(11)3-5-10/h6-7,9-10H,2-5H2,1H3. The van der Waals surface area contributed by atoms with E-state index in [1.807, 2.05) is 24.0 Å². The topological polar surface area (TPSA) is 17.8 Å². The van der Waals surface area contributed by atoms with Crippen molar-refractivity contribution in [1.29, 1.82) is 0 Å². The van der Waals surface area contributed by atoms with Gasteiger partial charge in [0.05, 0.1) is 12.2 Å². The Morgan fingerprint density at radius 2 is 2.08 bits per heavy atom. The lowest BCUT2D eigenvalue weighted by Gasteiger charge is -2.24. The number of rotatable bonds is 1. The third kappa shape index (κ3) is 1.90. The van der Waals surface area contributed by atoms with Crippen LogP contribution in [0.3, 0.4) is 0 Å². The van der Waals surface area contributed by atoms with Gasteiger partial charge in [-0.3, -0.25) is 4.68 Å². The van der Waals surface area contributed by atoms with Crippen LogP contribution < -0.4 is 0 Å². The molecule has 0 atom stereocenters. The smallest absolute Gasteiger partial charge is 0.100 e. The van der Waals surface area contributed by atoms with Crippen LogP contribution in [0.15, 0.2) is 12.4 Å². The molecule has 1 saturated carbocycles. The molecule has 0 bridgehead atoms. The van der Waals surface area contributed by atoms with Gasteiger partial charge in [0, 0.05) is 6.20 Å². The predicted octanol–water partition coefficient (Wildman–Crippen LogP) is 2.64. The highest BCUT2D eigenvalue weighted by atomic mass is 19.1. The summed E-state index contributed by atoms with van der Waals surface area (Å²) in [7, 11) is 0. The van der Waals surface area contributed by atoms with E-state index in [4.69, 9.17) is 0 Å². The molecule has 0 amide bonds. The fourth-order valence-electron chi connectivity index (χ4n) is 1.93. The maximum Gasteiger partial charge on any atom is 0.100 e. The lowest BCUT2D eigenvalue weighted by atomic mass is 9.94. The molecule has 2 rings (SSSR count). The molecule has 0 unspecified atom stereocenters. The van der Waals surface area contributed by atoms with Gasteiger partial charge in [-0.15, -0.1) is 0 Å². The number of aromatic nitrogens is 2. The summed E-state index contributed by atoms with van der Waals surface area (Å²) in [5, 5.41) is 4.26. The quantitative estimate of drug-likeness (QED) is 0.652. The molecule has 1 aliphatic carbocycles. The van der Waals surface area contributed by atoms with Crippen LogP contribution in [0.2, 0.25) is 0 Å². The first kappa shape index (κ1) is 8.73. The van der Waals surface area contributed by atoms with Gasteiger partial charge >= 0.3 is 0 Å². The SMILES string of the molecule is Cc1cnn(C2CCC(F)CC2)c1. The molecular formula is C10H15FN2.